The van der Waals surface area contributed by atoms with Crippen LogP contribution in [0.5, 0.6) is 0 Å². The largest absolute Gasteiger partial charge is 0.494 e. The van der Waals surface area contributed by atoms with Crippen molar-refractivity contribution >= 4 is 24.6 Å². The number of alkyl carbamates (subject to hydrolysis) is 1. The Labute approximate surface area is 200 Å². The van der Waals surface area contributed by atoms with Crippen LogP contribution < -0.4 is 10.8 Å². The Morgan fingerprint density at radius 3 is 2.35 bits per heavy atom. The zero-order valence-electron chi connectivity index (χ0n) is 21.0. The maximum atomic E-state index is 15.1. The Morgan fingerprint density at radius 2 is 1.85 bits per heavy atom. The Morgan fingerprint density at radius 1 is 1.24 bits per heavy atom. The second kappa shape index (κ2) is 9.45. The highest BCUT2D eigenvalue weighted by Crippen LogP contribution is 2.36. The fraction of sp³-hybridized carbons (Fsp3) is 0.667. The normalized spacial score (nSPS) is 22.6. The van der Waals surface area contributed by atoms with Crippen molar-refractivity contribution < 1.29 is 32.4 Å². The lowest BCUT2D eigenvalue weighted by Gasteiger charge is -2.32. The van der Waals surface area contributed by atoms with Gasteiger partial charge in [0.2, 0.25) is 5.91 Å². The van der Waals surface area contributed by atoms with Gasteiger partial charge in [-0.1, -0.05) is 12.1 Å². The molecular weight excluding hydrogens is 445 g/mol. The van der Waals surface area contributed by atoms with E-state index in [9.17, 15) is 14.0 Å². The highest BCUT2D eigenvalue weighted by molar-refractivity contribution is 6.62. The van der Waals surface area contributed by atoms with Crippen LogP contribution in [0.4, 0.5) is 13.6 Å². The van der Waals surface area contributed by atoms with Crippen molar-refractivity contribution in [2.24, 2.45) is 0 Å². The molecule has 2 aliphatic rings. The van der Waals surface area contributed by atoms with Gasteiger partial charge >= 0.3 is 13.2 Å². The highest BCUT2D eigenvalue weighted by Gasteiger charge is 2.51. The molecule has 2 aliphatic heterocycles. The van der Waals surface area contributed by atoms with Gasteiger partial charge in [0.05, 0.1) is 17.7 Å². The van der Waals surface area contributed by atoms with Crippen molar-refractivity contribution in [1.82, 2.24) is 10.2 Å². The molecule has 2 amide bonds. The zero-order chi connectivity index (χ0) is 25.5. The Hall–Kier alpha value is -2.20. The molecule has 0 aromatic heterocycles. The molecule has 1 aromatic carbocycles. The van der Waals surface area contributed by atoms with Gasteiger partial charge in [-0.25, -0.2) is 13.6 Å². The predicted octanol–water partition coefficient (Wildman–Crippen LogP) is 3.13. The molecule has 0 spiro atoms. The standard InChI is InChI=1S/C24H35BF2N2O5/c1-22(2,3)32-21(31)28-19(20(30)29-11-10-17(26)14-29)12-15-8-9-16(13-18(15)27)25-33-23(4,5)24(6,7)34-25/h8-9,13,17,19H,10-12,14H2,1-7H3,(H,28,31)/t17-,19-/m0/s1. The molecule has 2 fully saturated rings. The van der Waals surface area contributed by atoms with E-state index in [1.165, 1.54) is 11.0 Å². The summed E-state index contributed by atoms with van der Waals surface area (Å²) in [5, 5.41) is 2.54. The maximum Gasteiger partial charge on any atom is 0.494 e. The number of hydrogen-bond acceptors (Lipinski definition) is 5. The Balaban J connectivity index is 1.78. The van der Waals surface area contributed by atoms with E-state index in [-0.39, 0.29) is 31.5 Å². The van der Waals surface area contributed by atoms with Crippen molar-refractivity contribution in [3.05, 3.63) is 29.6 Å². The van der Waals surface area contributed by atoms with E-state index in [1.54, 1.807) is 32.9 Å². The molecule has 7 nitrogen and oxygen atoms in total. The summed E-state index contributed by atoms with van der Waals surface area (Å²) in [4.78, 5) is 26.8. The first-order chi connectivity index (χ1) is 15.6. The van der Waals surface area contributed by atoms with Crippen molar-refractivity contribution in [3.8, 4) is 0 Å². The zero-order valence-corrected chi connectivity index (χ0v) is 21.0. The smallest absolute Gasteiger partial charge is 0.444 e. The average molecular weight is 480 g/mol. The molecule has 0 unspecified atom stereocenters. The van der Waals surface area contributed by atoms with Crippen molar-refractivity contribution in [3.63, 3.8) is 0 Å². The molecule has 1 aromatic rings. The summed E-state index contributed by atoms with van der Waals surface area (Å²) >= 11 is 0. The molecule has 0 aliphatic carbocycles. The minimum atomic E-state index is -1.11. The molecule has 0 radical (unpaired) electrons. The third-order valence-corrected chi connectivity index (χ3v) is 6.46. The van der Waals surface area contributed by atoms with E-state index in [0.29, 0.717) is 5.46 Å². The van der Waals surface area contributed by atoms with Crippen LogP contribution in [0.1, 0.15) is 60.5 Å². The van der Waals surface area contributed by atoms with Gasteiger partial charge in [-0.05, 0) is 72.0 Å². The van der Waals surface area contributed by atoms with E-state index in [2.05, 4.69) is 5.32 Å². The van der Waals surface area contributed by atoms with Gasteiger partial charge in [0.15, 0.2) is 0 Å². The van der Waals surface area contributed by atoms with E-state index in [1.807, 2.05) is 27.7 Å². The van der Waals surface area contributed by atoms with Crippen LogP contribution in [-0.4, -0.2) is 66.1 Å². The van der Waals surface area contributed by atoms with Gasteiger partial charge < -0.3 is 24.3 Å². The predicted molar refractivity (Wildman–Crippen MR) is 125 cm³/mol. The SMILES string of the molecule is CC(C)(C)OC(=O)N[C@@H](Cc1ccc(B2OC(C)(C)C(C)(C)O2)cc1F)C(=O)N1CC[C@H](F)C1. The first-order valence-corrected chi connectivity index (χ1v) is 11.6. The third kappa shape index (κ3) is 6.07. The van der Waals surface area contributed by atoms with Gasteiger partial charge in [-0.2, -0.15) is 0 Å². The number of nitrogens with zero attached hydrogens (tertiary/aromatic N) is 1. The fourth-order valence-corrected chi connectivity index (χ4v) is 3.86. The maximum absolute atomic E-state index is 15.1. The van der Waals surface area contributed by atoms with Crippen LogP contribution in [0.15, 0.2) is 18.2 Å². The molecule has 0 bridgehead atoms. The Bertz CT molecular complexity index is 918. The first kappa shape index (κ1) is 26.4. The molecular formula is C24H35BF2N2O5. The van der Waals surface area contributed by atoms with Gasteiger partial charge in [-0.15, -0.1) is 0 Å². The molecule has 1 N–H and O–H groups in total. The van der Waals surface area contributed by atoms with E-state index in [4.69, 9.17) is 14.0 Å². The molecule has 34 heavy (non-hydrogen) atoms. The number of nitrogens with one attached hydrogen (secondary N) is 1. The number of benzene rings is 1. The minimum Gasteiger partial charge on any atom is -0.444 e. The third-order valence-electron chi connectivity index (χ3n) is 6.46. The van der Waals surface area contributed by atoms with E-state index >= 15 is 4.39 Å². The van der Waals surface area contributed by atoms with Crippen LogP contribution in [0, 0.1) is 5.82 Å². The Kier molecular flexibility index (Phi) is 7.34. The quantitative estimate of drug-likeness (QED) is 0.656. The number of ether oxygens (including phenoxy) is 1. The van der Waals surface area contributed by atoms with Crippen LogP contribution in [0.3, 0.4) is 0 Å². The van der Waals surface area contributed by atoms with Crippen molar-refractivity contribution in [1.29, 1.82) is 0 Å². The van der Waals surface area contributed by atoms with Crippen LogP contribution in [0.2, 0.25) is 0 Å². The van der Waals surface area contributed by atoms with Gasteiger partial charge in [0.1, 0.15) is 23.6 Å². The number of carbonyl (C=O) groups excluding carboxylic acids is 2. The summed E-state index contributed by atoms with van der Waals surface area (Å²) in [7, 11) is -0.725. The summed E-state index contributed by atoms with van der Waals surface area (Å²) < 4.78 is 46.0. The van der Waals surface area contributed by atoms with E-state index in [0.717, 1.165) is 0 Å². The molecule has 10 heteroatoms. The highest BCUT2D eigenvalue weighted by atomic mass is 19.1. The molecule has 2 saturated heterocycles. The number of hydrogen-bond donors (Lipinski definition) is 1. The van der Waals surface area contributed by atoms with Crippen LogP contribution >= 0.6 is 0 Å². The summed E-state index contributed by atoms with van der Waals surface area (Å²) in [6.07, 6.45) is -1.78. The first-order valence-electron chi connectivity index (χ1n) is 11.6. The summed E-state index contributed by atoms with van der Waals surface area (Å²) in [5.41, 5.74) is -1.16. The summed E-state index contributed by atoms with van der Waals surface area (Å²) in [5.74, 6) is -1.03. The second-order valence-corrected chi connectivity index (χ2v) is 11.0. The fourth-order valence-electron chi connectivity index (χ4n) is 3.86. The average Bonchev–Trinajstić information content (AvgIpc) is 3.20. The summed E-state index contributed by atoms with van der Waals surface area (Å²) in [6.45, 7) is 13.0. The van der Waals surface area contributed by atoms with Gasteiger partial charge in [0.25, 0.3) is 0 Å². The number of amides is 2. The van der Waals surface area contributed by atoms with Gasteiger partial charge in [0, 0.05) is 13.0 Å². The number of likely N-dealkylation sites (tertiary alicyclic amines) is 1. The topological polar surface area (TPSA) is 77.1 Å². The van der Waals surface area contributed by atoms with Crippen molar-refractivity contribution in [2.75, 3.05) is 13.1 Å². The lowest BCUT2D eigenvalue weighted by molar-refractivity contribution is -0.132. The number of alkyl halides is 1. The van der Waals surface area contributed by atoms with Crippen LogP contribution in [0.25, 0.3) is 0 Å². The number of halogens is 2. The lowest BCUT2D eigenvalue weighted by Crippen LogP contribution is -2.50. The minimum absolute atomic E-state index is 0.0469. The molecule has 2 heterocycles. The number of carbonyl (C=O) groups is 2. The monoisotopic (exact) mass is 480 g/mol. The van der Waals surface area contributed by atoms with Crippen LogP contribution in [-0.2, 0) is 25.3 Å². The van der Waals surface area contributed by atoms with Crippen molar-refractivity contribution in [2.45, 2.75) is 90.3 Å². The second-order valence-electron chi connectivity index (χ2n) is 11.0. The summed E-state index contributed by atoms with van der Waals surface area (Å²) in [6, 6.07) is 3.45. The van der Waals surface area contributed by atoms with Gasteiger partial charge in [-0.3, -0.25) is 4.79 Å². The molecule has 2 atom stereocenters. The van der Waals surface area contributed by atoms with E-state index < -0.39 is 54.0 Å². The molecule has 3 rings (SSSR count). The lowest BCUT2D eigenvalue weighted by atomic mass is 9.78. The number of rotatable bonds is 5. The molecule has 0 saturated carbocycles. The molecule has 188 valence electrons.